The molecule has 116 valence electrons. The zero-order valence-corrected chi connectivity index (χ0v) is 12.7. The fourth-order valence-corrected chi connectivity index (χ4v) is 2.88. The van der Waals surface area contributed by atoms with Gasteiger partial charge in [0.1, 0.15) is 11.3 Å². The normalized spacial score (nSPS) is 15.0. The Hall–Kier alpha value is -2.30. The molecule has 5 heteroatoms. The van der Waals surface area contributed by atoms with E-state index >= 15 is 0 Å². The molecule has 1 amide bonds. The van der Waals surface area contributed by atoms with Crippen molar-refractivity contribution in [3.05, 3.63) is 40.2 Å². The molecule has 2 aromatic rings. The lowest BCUT2D eigenvalue weighted by atomic mass is 10.1. The Balaban J connectivity index is 2.01. The number of H-pyrrole nitrogens is 1. The second-order valence-corrected chi connectivity index (χ2v) is 5.52. The summed E-state index contributed by atoms with van der Waals surface area (Å²) in [6.07, 6.45) is 4.69. The number of carbonyl (C=O) groups is 1. The first-order chi connectivity index (χ1) is 10.7. The lowest BCUT2D eigenvalue weighted by Crippen LogP contribution is -2.38. The van der Waals surface area contributed by atoms with Crippen LogP contribution in [-0.2, 0) is 0 Å². The van der Waals surface area contributed by atoms with Crippen LogP contribution >= 0.6 is 0 Å². The van der Waals surface area contributed by atoms with Gasteiger partial charge in [-0.05, 0) is 44.4 Å². The average Bonchev–Trinajstić information content (AvgIpc) is 2.56. The molecule has 3 rings (SSSR count). The maximum absolute atomic E-state index is 12.6. The molecule has 1 aromatic heterocycles. The van der Waals surface area contributed by atoms with Crippen LogP contribution in [0.25, 0.3) is 10.9 Å². The summed E-state index contributed by atoms with van der Waals surface area (Å²) in [6, 6.07) is 5.31. The van der Waals surface area contributed by atoms with E-state index in [9.17, 15) is 9.59 Å². The maximum atomic E-state index is 12.6. The van der Waals surface area contributed by atoms with E-state index in [1.54, 1.807) is 17.0 Å². The number of ether oxygens (including phenoxy) is 1. The van der Waals surface area contributed by atoms with Gasteiger partial charge in [-0.3, -0.25) is 9.59 Å². The number of nitrogens with zero attached hydrogens (tertiary/aromatic N) is 1. The first-order valence-electron chi connectivity index (χ1n) is 7.78. The monoisotopic (exact) mass is 300 g/mol. The zero-order chi connectivity index (χ0) is 15.5. The minimum absolute atomic E-state index is 0.176. The van der Waals surface area contributed by atoms with Gasteiger partial charge in [-0.25, -0.2) is 0 Å². The number of hydrogen-bond donors (Lipinski definition) is 1. The molecule has 0 radical (unpaired) electrons. The number of hydrogen-bond acceptors (Lipinski definition) is 3. The van der Waals surface area contributed by atoms with Crippen molar-refractivity contribution in [1.29, 1.82) is 0 Å². The molecule has 1 aromatic carbocycles. The highest BCUT2D eigenvalue weighted by atomic mass is 16.5. The van der Waals surface area contributed by atoms with Gasteiger partial charge in [0.25, 0.3) is 5.91 Å². The third kappa shape index (κ3) is 2.71. The number of pyridine rings is 1. The standard InChI is InChI=1S/C17H20N2O3/c1-2-22-12-6-7-15-13(10-12)16(20)14(11-18-15)17(21)19-8-4-3-5-9-19/h6-7,10-11H,2-5,8-9H2,1H3,(H,18,20). The molecular weight excluding hydrogens is 280 g/mol. The number of piperidine rings is 1. The fourth-order valence-electron chi connectivity index (χ4n) is 2.88. The van der Waals surface area contributed by atoms with Crippen molar-refractivity contribution in [2.24, 2.45) is 0 Å². The molecular formula is C17H20N2O3. The Bertz CT molecular complexity index is 745. The van der Waals surface area contributed by atoms with Gasteiger partial charge in [-0.2, -0.15) is 0 Å². The number of carbonyl (C=O) groups excluding carboxylic acids is 1. The third-order valence-corrected chi connectivity index (χ3v) is 4.04. The smallest absolute Gasteiger partial charge is 0.259 e. The Morgan fingerprint density at radius 3 is 2.77 bits per heavy atom. The molecule has 0 bridgehead atoms. The summed E-state index contributed by atoms with van der Waals surface area (Å²) in [6.45, 7) is 3.89. The lowest BCUT2D eigenvalue weighted by Gasteiger charge is -2.26. The molecule has 1 aliphatic heterocycles. The van der Waals surface area contributed by atoms with Crippen molar-refractivity contribution in [3.8, 4) is 5.75 Å². The molecule has 22 heavy (non-hydrogen) atoms. The second-order valence-electron chi connectivity index (χ2n) is 5.52. The summed E-state index contributed by atoms with van der Waals surface area (Å²) >= 11 is 0. The number of rotatable bonds is 3. The molecule has 0 spiro atoms. The Morgan fingerprint density at radius 2 is 2.05 bits per heavy atom. The van der Waals surface area contributed by atoms with E-state index in [0.29, 0.717) is 23.3 Å². The van der Waals surface area contributed by atoms with Gasteiger partial charge < -0.3 is 14.6 Å². The SMILES string of the molecule is CCOc1ccc2[nH]cc(C(=O)N3CCCCC3)c(=O)c2c1. The molecule has 0 unspecified atom stereocenters. The van der Waals surface area contributed by atoms with E-state index in [1.807, 2.05) is 13.0 Å². The molecule has 0 atom stereocenters. The van der Waals surface area contributed by atoms with Crippen molar-refractivity contribution < 1.29 is 9.53 Å². The summed E-state index contributed by atoms with van der Waals surface area (Å²) in [5.41, 5.74) is 0.692. The van der Waals surface area contributed by atoms with E-state index in [0.717, 1.165) is 32.4 Å². The van der Waals surface area contributed by atoms with Crippen LogP contribution in [0.2, 0.25) is 0 Å². The molecule has 1 aliphatic rings. The number of nitrogens with one attached hydrogen (secondary N) is 1. The molecule has 0 saturated carbocycles. The van der Waals surface area contributed by atoms with Crippen LogP contribution in [0.15, 0.2) is 29.2 Å². The van der Waals surface area contributed by atoms with Gasteiger partial charge in [0.2, 0.25) is 5.43 Å². The highest BCUT2D eigenvalue weighted by Crippen LogP contribution is 2.18. The van der Waals surface area contributed by atoms with Crippen LogP contribution in [0.4, 0.5) is 0 Å². The highest BCUT2D eigenvalue weighted by molar-refractivity contribution is 5.97. The van der Waals surface area contributed by atoms with E-state index in [2.05, 4.69) is 4.98 Å². The number of likely N-dealkylation sites (tertiary alicyclic amines) is 1. The van der Waals surface area contributed by atoms with Gasteiger partial charge in [-0.1, -0.05) is 0 Å². The van der Waals surface area contributed by atoms with E-state index in [1.165, 1.54) is 6.20 Å². The molecule has 1 fully saturated rings. The minimum Gasteiger partial charge on any atom is -0.494 e. The second kappa shape index (κ2) is 6.22. The number of fused-ring (bicyclic) bond motifs is 1. The van der Waals surface area contributed by atoms with Gasteiger partial charge >= 0.3 is 0 Å². The van der Waals surface area contributed by atoms with Crippen molar-refractivity contribution in [3.63, 3.8) is 0 Å². The molecule has 2 heterocycles. The van der Waals surface area contributed by atoms with E-state index in [-0.39, 0.29) is 16.9 Å². The summed E-state index contributed by atoms with van der Waals surface area (Å²) in [5.74, 6) is 0.465. The van der Waals surface area contributed by atoms with Crippen LogP contribution < -0.4 is 10.2 Å². The first-order valence-corrected chi connectivity index (χ1v) is 7.78. The lowest BCUT2D eigenvalue weighted by molar-refractivity contribution is 0.0723. The van der Waals surface area contributed by atoms with Gasteiger partial charge in [-0.15, -0.1) is 0 Å². The first kappa shape index (κ1) is 14.6. The van der Waals surface area contributed by atoms with E-state index < -0.39 is 0 Å². The number of aromatic nitrogens is 1. The average molecular weight is 300 g/mol. The summed E-state index contributed by atoms with van der Waals surface area (Å²) in [5, 5.41) is 0.494. The Labute approximate surface area is 128 Å². The van der Waals surface area contributed by atoms with Crippen LogP contribution in [0.1, 0.15) is 36.5 Å². The Kier molecular flexibility index (Phi) is 4.13. The molecule has 1 N–H and O–H groups in total. The largest absolute Gasteiger partial charge is 0.494 e. The Morgan fingerprint density at radius 1 is 1.27 bits per heavy atom. The number of aromatic amines is 1. The van der Waals surface area contributed by atoms with Crippen LogP contribution in [0.3, 0.4) is 0 Å². The summed E-state index contributed by atoms with van der Waals surface area (Å²) < 4.78 is 5.44. The third-order valence-electron chi connectivity index (χ3n) is 4.04. The van der Waals surface area contributed by atoms with Gasteiger partial charge in [0.15, 0.2) is 0 Å². The van der Waals surface area contributed by atoms with Crippen LogP contribution in [0, 0.1) is 0 Å². The predicted octanol–water partition coefficient (Wildman–Crippen LogP) is 2.55. The minimum atomic E-state index is -0.231. The highest BCUT2D eigenvalue weighted by Gasteiger charge is 2.21. The van der Waals surface area contributed by atoms with Gasteiger partial charge in [0.05, 0.1) is 6.61 Å². The van der Waals surface area contributed by atoms with Crippen molar-refractivity contribution in [2.75, 3.05) is 19.7 Å². The molecule has 1 saturated heterocycles. The van der Waals surface area contributed by atoms with Crippen molar-refractivity contribution in [2.45, 2.75) is 26.2 Å². The summed E-state index contributed by atoms with van der Waals surface area (Å²) in [7, 11) is 0. The number of benzene rings is 1. The van der Waals surface area contributed by atoms with Crippen molar-refractivity contribution >= 4 is 16.8 Å². The summed E-state index contributed by atoms with van der Waals surface area (Å²) in [4.78, 5) is 30.0. The quantitative estimate of drug-likeness (QED) is 0.947. The fraction of sp³-hybridized carbons (Fsp3) is 0.412. The predicted molar refractivity (Wildman–Crippen MR) is 85.5 cm³/mol. The van der Waals surface area contributed by atoms with Crippen LogP contribution in [0.5, 0.6) is 5.75 Å². The molecule has 5 nitrogen and oxygen atoms in total. The topological polar surface area (TPSA) is 62.4 Å². The van der Waals surface area contributed by atoms with Crippen molar-refractivity contribution in [1.82, 2.24) is 9.88 Å². The molecule has 0 aliphatic carbocycles. The maximum Gasteiger partial charge on any atom is 0.259 e. The van der Waals surface area contributed by atoms with Crippen LogP contribution in [-0.4, -0.2) is 35.5 Å². The van der Waals surface area contributed by atoms with E-state index in [4.69, 9.17) is 4.74 Å². The number of amides is 1. The van der Waals surface area contributed by atoms with Gasteiger partial charge in [0, 0.05) is 30.2 Å². The zero-order valence-electron chi connectivity index (χ0n) is 12.7.